The van der Waals surface area contributed by atoms with Crippen molar-refractivity contribution in [2.45, 2.75) is 20.3 Å². The van der Waals surface area contributed by atoms with E-state index in [1.165, 1.54) is 6.42 Å². The topological polar surface area (TPSA) is 62.3 Å². The largest absolute Gasteiger partial charge is 0.496 e. The predicted octanol–water partition coefficient (Wildman–Crippen LogP) is 4.48. The predicted molar refractivity (Wildman–Crippen MR) is 109 cm³/mol. The Kier molecular flexibility index (Phi) is 6.14. The highest BCUT2D eigenvalue weighted by molar-refractivity contribution is 5.64. The fourth-order valence-corrected chi connectivity index (χ4v) is 3.03. The van der Waals surface area contributed by atoms with Crippen LogP contribution in [0.1, 0.15) is 18.9 Å². The number of nitrogens with zero attached hydrogens (tertiary/aromatic N) is 2. The summed E-state index contributed by atoms with van der Waals surface area (Å²) in [5.74, 6) is 1.71. The molecule has 1 saturated heterocycles. The van der Waals surface area contributed by atoms with Crippen molar-refractivity contribution < 1.29 is 9.47 Å². The average Bonchev–Trinajstić information content (AvgIpc) is 3.34. The lowest BCUT2D eigenvalue weighted by Gasteiger charge is -2.10. The van der Waals surface area contributed by atoms with Crippen molar-refractivity contribution in [3.8, 4) is 22.7 Å². The number of methoxy groups -OCH3 is 1. The van der Waals surface area contributed by atoms with Gasteiger partial charge >= 0.3 is 0 Å². The van der Waals surface area contributed by atoms with Gasteiger partial charge in [-0.15, -0.1) is 0 Å². The minimum atomic E-state index is 0.743. The summed E-state index contributed by atoms with van der Waals surface area (Å²) in [6.45, 7) is 6.22. The summed E-state index contributed by atoms with van der Waals surface area (Å²) in [5, 5.41) is 4.41. The summed E-state index contributed by atoms with van der Waals surface area (Å²) in [7, 11) is 1.68. The number of aryl methyl sites for hydroxylation is 1. The zero-order chi connectivity index (χ0) is 19.2. The third-order valence-corrected chi connectivity index (χ3v) is 4.63. The Hall–Kier alpha value is -2.79. The molecule has 0 radical (unpaired) electrons. The van der Waals surface area contributed by atoms with Crippen LogP contribution in [0.2, 0.25) is 0 Å². The molecule has 0 bridgehead atoms. The molecule has 2 aromatic carbocycles. The van der Waals surface area contributed by atoms with Gasteiger partial charge in [0.1, 0.15) is 5.75 Å². The van der Waals surface area contributed by atoms with Crippen molar-refractivity contribution in [1.29, 1.82) is 0 Å². The van der Waals surface area contributed by atoms with Crippen molar-refractivity contribution in [2.75, 3.05) is 26.1 Å². The Bertz CT molecular complexity index is 866. The van der Waals surface area contributed by atoms with E-state index in [1.54, 1.807) is 13.3 Å². The van der Waals surface area contributed by atoms with Crippen molar-refractivity contribution in [3.05, 3.63) is 60.3 Å². The van der Waals surface area contributed by atoms with Crippen LogP contribution in [-0.4, -0.2) is 30.1 Å². The summed E-state index contributed by atoms with van der Waals surface area (Å²) in [4.78, 5) is 0. The molecule has 1 aliphatic heterocycles. The van der Waals surface area contributed by atoms with Crippen LogP contribution in [-0.2, 0) is 4.74 Å². The van der Waals surface area contributed by atoms with Crippen LogP contribution in [0.3, 0.4) is 0 Å². The number of hydrogen-bond acceptors (Lipinski definition) is 4. The van der Waals surface area contributed by atoms with E-state index < -0.39 is 0 Å². The molecule has 2 N–H and O–H groups in total. The maximum absolute atomic E-state index is 5.74. The molecule has 1 fully saturated rings. The lowest BCUT2D eigenvalue weighted by molar-refractivity contribution is 0.188. The fourth-order valence-electron chi connectivity index (χ4n) is 3.03. The summed E-state index contributed by atoms with van der Waals surface area (Å²) < 4.78 is 12.3. The molecule has 4 rings (SSSR count). The van der Waals surface area contributed by atoms with Crippen LogP contribution in [0.25, 0.3) is 16.9 Å². The lowest BCUT2D eigenvalue weighted by atomic mass is 10.1. The minimum absolute atomic E-state index is 0.743. The lowest BCUT2D eigenvalue weighted by Crippen LogP contribution is -1.99. The number of hydrogen-bond donors (Lipinski definition) is 1. The summed E-state index contributed by atoms with van der Waals surface area (Å²) in [6, 6.07) is 15.8. The summed E-state index contributed by atoms with van der Waals surface area (Å²) in [6.07, 6.45) is 3.06. The van der Waals surface area contributed by atoms with Crippen LogP contribution >= 0.6 is 0 Å². The number of rotatable bonds is 3. The quantitative estimate of drug-likeness (QED) is 0.695. The molecular formula is C22H27N3O2. The Balaban J connectivity index is 0.000000299. The SMILES string of the molecule is CC1CCOC1.COc1ccc(-c2ccnn2-c2ccc(N)cc2)cc1C. The molecule has 142 valence electrons. The van der Waals surface area contributed by atoms with E-state index in [0.29, 0.717) is 0 Å². The third kappa shape index (κ3) is 4.68. The molecule has 5 heteroatoms. The van der Waals surface area contributed by atoms with Gasteiger partial charge in [0.2, 0.25) is 0 Å². The van der Waals surface area contributed by atoms with Crippen molar-refractivity contribution in [3.63, 3.8) is 0 Å². The van der Waals surface area contributed by atoms with Crippen LogP contribution < -0.4 is 10.5 Å². The molecule has 1 atom stereocenters. The van der Waals surface area contributed by atoms with Crippen molar-refractivity contribution in [2.24, 2.45) is 5.92 Å². The molecule has 2 heterocycles. The molecule has 0 saturated carbocycles. The minimum Gasteiger partial charge on any atom is -0.496 e. The first-order chi connectivity index (χ1) is 13.1. The van der Waals surface area contributed by atoms with Gasteiger partial charge < -0.3 is 15.2 Å². The number of aromatic nitrogens is 2. The van der Waals surface area contributed by atoms with Gasteiger partial charge in [0.25, 0.3) is 0 Å². The molecular weight excluding hydrogens is 338 g/mol. The Morgan fingerprint density at radius 1 is 1.15 bits per heavy atom. The molecule has 5 nitrogen and oxygen atoms in total. The number of nitrogen functional groups attached to an aromatic ring is 1. The maximum Gasteiger partial charge on any atom is 0.121 e. The first-order valence-corrected chi connectivity index (χ1v) is 9.21. The van der Waals surface area contributed by atoms with E-state index >= 15 is 0 Å². The molecule has 3 aromatic rings. The fraction of sp³-hybridized carbons (Fsp3) is 0.318. The molecule has 0 spiro atoms. The molecule has 27 heavy (non-hydrogen) atoms. The normalized spacial score (nSPS) is 15.9. The van der Waals surface area contributed by atoms with Crippen LogP contribution in [0.4, 0.5) is 5.69 Å². The molecule has 1 aliphatic rings. The Morgan fingerprint density at radius 2 is 1.93 bits per heavy atom. The van der Waals surface area contributed by atoms with Gasteiger partial charge in [-0.1, -0.05) is 6.92 Å². The van der Waals surface area contributed by atoms with E-state index in [9.17, 15) is 0 Å². The number of nitrogens with two attached hydrogens (primary N) is 1. The zero-order valence-electron chi connectivity index (χ0n) is 16.2. The maximum atomic E-state index is 5.74. The first-order valence-electron chi connectivity index (χ1n) is 9.21. The van der Waals surface area contributed by atoms with Gasteiger partial charge in [-0.3, -0.25) is 0 Å². The summed E-state index contributed by atoms with van der Waals surface area (Å²) in [5.41, 5.74) is 10.7. The molecule has 0 amide bonds. The Morgan fingerprint density at radius 3 is 2.48 bits per heavy atom. The second kappa shape index (κ2) is 8.73. The van der Waals surface area contributed by atoms with E-state index in [-0.39, 0.29) is 0 Å². The van der Waals surface area contributed by atoms with Crippen LogP contribution in [0.5, 0.6) is 5.75 Å². The third-order valence-electron chi connectivity index (χ3n) is 4.63. The van der Waals surface area contributed by atoms with Crippen molar-refractivity contribution in [1.82, 2.24) is 9.78 Å². The number of benzene rings is 2. The van der Waals surface area contributed by atoms with Gasteiger partial charge in [-0.05, 0) is 73.4 Å². The van der Waals surface area contributed by atoms with E-state index in [4.69, 9.17) is 15.2 Å². The average molecular weight is 365 g/mol. The van der Waals surface area contributed by atoms with E-state index in [1.807, 2.05) is 54.1 Å². The number of ether oxygens (including phenoxy) is 2. The molecule has 0 aliphatic carbocycles. The highest BCUT2D eigenvalue weighted by Gasteiger charge is 2.09. The smallest absolute Gasteiger partial charge is 0.121 e. The highest BCUT2D eigenvalue weighted by Crippen LogP contribution is 2.27. The zero-order valence-corrected chi connectivity index (χ0v) is 16.2. The number of anilines is 1. The van der Waals surface area contributed by atoms with Crippen LogP contribution in [0, 0.1) is 12.8 Å². The summed E-state index contributed by atoms with van der Waals surface area (Å²) >= 11 is 0. The van der Waals surface area contributed by atoms with Gasteiger partial charge in [-0.2, -0.15) is 5.10 Å². The van der Waals surface area contributed by atoms with Gasteiger partial charge in [0, 0.05) is 24.5 Å². The monoisotopic (exact) mass is 365 g/mol. The van der Waals surface area contributed by atoms with Gasteiger partial charge in [0.15, 0.2) is 0 Å². The first kappa shape index (κ1) is 19.0. The second-order valence-electron chi connectivity index (χ2n) is 6.87. The van der Waals surface area contributed by atoms with Crippen molar-refractivity contribution >= 4 is 5.69 Å². The second-order valence-corrected chi connectivity index (χ2v) is 6.87. The highest BCUT2D eigenvalue weighted by atomic mass is 16.5. The van der Waals surface area contributed by atoms with Gasteiger partial charge in [-0.25, -0.2) is 4.68 Å². The standard InChI is InChI=1S/C17H17N3O.C5H10O/c1-12-11-13(3-8-17(12)21-2)16-9-10-19-20(16)15-6-4-14(18)5-7-15;1-5-2-3-6-4-5/h3-11H,18H2,1-2H3;5H,2-4H2,1H3. The molecule has 1 unspecified atom stereocenters. The van der Waals surface area contributed by atoms with E-state index in [0.717, 1.165) is 53.1 Å². The Labute approximate surface area is 160 Å². The van der Waals surface area contributed by atoms with Crippen LogP contribution in [0.15, 0.2) is 54.7 Å². The molecule has 1 aromatic heterocycles. The van der Waals surface area contributed by atoms with Gasteiger partial charge in [0.05, 0.1) is 24.7 Å². The van der Waals surface area contributed by atoms with E-state index in [2.05, 4.69) is 18.1 Å².